The molecule has 20 heavy (non-hydrogen) atoms. The fraction of sp³-hybridized carbons (Fsp3) is 0. The predicted molar refractivity (Wildman–Crippen MR) is 91.3 cm³/mol. The van der Waals surface area contributed by atoms with Crippen molar-refractivity contribution in [2.45, 2.75) is 0 Å². The van der Waals surface area contributed by atoms with Gasteiger partial charge in [0.05, 0.1) is 7.14 Å². The molecule has 0 fully saturated rings. The van der Waals surface area contributed by atoms with E-state index in [1.165, 1.54) is 0 Å². The smallest absolute Gasteiger partial charge is 0.417 e. The summed E-state index contributed by atoms with van der Waals surface area (Å²) in [6.07, 6.45) is 0. The Morgan fingerprint density at radius 2 is 1.75 bits per heavy atom. The van der Waals surface area contributed by atoms with Crippen molar-refractivity contribution in [3.05, 3.63) is 48.0 Å². The van der Waals surface area contributed by atoms with Gasteiger partial charge in [-0.3, -0.25) is 4.98 Å². The van der Waals surface area contributed by atoms with Gasteiger partial charge in [0.2, 0.25) is 0 Å². The lowest BCUT2D eigenvalue weighted by atomic mass is 10.3. The van der Waals surface area contributed by atoms with Gasteiger partial charge in [0.1, 0.15) is 11.3 Å². The van der Waals surface area contributed by atoms with E-state index in [0.717, 1.165) is 0 Å². The molecule has 0 atom stereocenters. The lowest BCUT2D eigenvalue weighted by molar-refractivity contribution is 0.471. The first-order chi connectivity index (χ1) is 9.56. The monoisotopic (exact) mass is 495 g/mol. The number of phenols is 1. The summed E-state index contributed by atoms with van der Waals surface area (Å²) in [5, 5.41) is 9.84. The minimum absolute atomic E-state index is 0.0755. The van der Waals surface area contributed by atoms with Gasteiger partial charge in [-0.15, -0.1) is 0 Å². The van der Waals surface area contributed by atoms with E-state index in [1.807, 2.05) is 45.2 Å². The van der Waals surface area contributed by atoms with Crippen molar-refractivity contribution in [2.75, 3.05) is 0 Å². The van der Waals surface area contributed by atoms with Crippen molar-refractivity contribution in [3.8, 4) is 5.75 Å². The number of aromatic hydroxyl groups is 1. The quantitative estimate of drug-likeness (QED) is 0.464. The molecule has 2 aromatic carbocycles. The number of halogens is 2. The summed E-state index contributed by atoms with van der Waals surface area (Å²) in [6.45, 7) is 0. The van der Waals surface area contributed by atoms with Gasteiger partial charge >= 0.3 is 5.76 Å². The number of benzene rings is 2. The first-order valence-corrected chi connectivity index (χ1v) is 7.68. The Balaban J connectivity index is 2.65. The molecule has 0 aliphatic carbocycles. The third-order valence-corrected chi connectivity index (χ3v) is 4.54. The molecule has 0 aliphatic heterocycles. The van der Waals surface area contributed by atoms with E-state index >= 15 is 0 Å². The Hall–Kier alpha value is -1.23. The van der Waals surface area contributed by atoms with Crippen LogP contribution in [0.5, 0.6) is 5.75 Å². The van der Waals surface area contributed by atoms with Crippen LogP contribution in [0.2, 0.25) is 0 Å². The number of hydrogen-bond acceptors (Lipinski definition) is 4. The van der Waals surface area contributed by atoms with Crippen LogP contribution in [0.4, 0.5) is 0 Å². The van der Waals surface area contributed by atoms with E-state index in [2.05, 4.69) is 4.98 Å². The summed E-state index contributed by atoms with van der Waals surface area (Å²) in [4.78, 5) is 14.5. The number of hydrogen-bond donors (Lipinski definition) is 2. The number of H-pyrrole nitrogens is 1. The Morgan fingerprint density at radius 3 is 2.45 bits per heavy atom. The van der Waals surface area contributed by atoms with Crippen LogP contribution in [0.15, 0.2) is 44.0 Å². The largest absolute Gasteiger partial charge is 0.507 e. The van der Waals surface area contributed by atoms with E-state index in [0.29, 0.717) is 29.4 Å². The van der Waals surface area contributed by atoms with Gasteiger partial charge < -0.3 is 13.9 Å². The Morgan fingerprint density at radius 1 is 1.10 bits per heavy atom. The van der Waals surface area contributed by atoms with Gasteiger partial charge in [-0.05, 0) is 63.4 Å². The zero-order chi connectivity index (χ0) is 14.3. The van der Waals surface area contributed by atoms with Crippen LogP contribution >= 0.6 is 45.2 Å². The number of aromatic nitrogens is 1. The average Bonchev–Trinajstić information content (AvgIpc) is 2.39. The number of phenolic OH excluding ortho intramolecular Hbond substituents is 1. The van der Waals surface area contributed by atoms with Crippen LogP contribution in [0.25, 0.3) is 22.3 Å². The highest BCUT2D eigenvalue weighted by molar-refractivity contribution is 14.1. The van der Waals surface area contributed by atoms with Crippen LogP contribution in [0, 0.1) is 7.14 Å². The average molecular weight is 495 g/mol. The second-order valence-electron chi connectivity index (χ2n) is 3.96. The Bertz CT molecular complexity index is 921. The molecule has 0 spiro atoms. The first kappa shape index (κ1) is 13.7. The van der Waals surface area contributed by atoms with E-state index in [1.54, 1.807) is 30.3 Å². The van der Waals surface area contributed by atoms with E-state index in [9.17, 15) is 9.90 Å². The summed E-state index contributed by atoms with van der Waals surface area (Å²) >= 11 is 3.98. The van der Waals surface area contributed by atoms with Gasteiger partial charge in [0, 0.05) is 0 Å². The van der Waals surface area contributed by atoms with Crippen LogP contribution < -0.4 is 5.76 Å². The molecular weight excluding hydrogens is 488 g/mol. The van der Waals surface area contributed by atoms with Crippen LogP contribution in [-0.4, -0.2) is 10.1 Å². The molecule has 0 saturated heterocycles. The molecule has 5 nitrogen and oxygen atoms in total. The van der Waals surface area contributed by atoms with Crippen LogP contribution in [0.1, 0.15) is 0 Å². The van der Waals surface area contributed by atoms with Crippen molar-refractivity contribution in [2.24, 2.45) is 0 Å². The van der Waals surface area contributed by atoms with Gasteiger partial charge in [0.25, 0.3) is 0 Å². The highest BCUT2D eigenvalue weighted by Gasteiger charge is 2.11. The predicted octanol–water partition coefficient (Wildman–Crippen LogP) is 3.91. The molecule has 1 aromatic heterocycles. The van der Waals surface area contributed by atoms with Crippen molar-refractivity contribution < 1.29 is 13.9 Å². The summed E-state index contributed by atoms with van der Waals surface area (Å²) in [5.74, 6) is -0.548. The summed E-state index contributed by atoms with van der Waals surface area (Å²) in [5.41, 5.74) is 1.67. The highest BCUT2D eigenvalue weighted by Crippen LogP contribution is 2.31. The lowest BCUT2D eigenvalue weighted by Crippen LogP contribution is -2.02. The van der Waals surface area contributed by atoms with Crippen LogP contribution in [-0.2, 0) is 0 Å². The molecule has 3 rings (SSSR count). The number of para-hydroxylation sites is 2. The molecular formula is C13H7I2NO4. The van der Waals surface area contributed by atoms with Crippen molar-refractivity contribution in [1.82, 2.24) is 4.98 Å². The topological polar surface area (TPSA) is 79.4 Å². The Labute approximate surface area is 139 Å². The minimum Gasteiger partial charge on any atom is -0.507 e. The number of fused-ring (bicyclic) bond motifs is 2. The molecule has 0 saturated carbocycles. The normalized spacial score (nSPS) is 10.9. The second kappa shape index (κ2) is 5.28. The van der Waals surface area contributed by atoms with Crippen molar-refractivity contribution in [1.29, 1.82) is 0 Å². The van der Waals surface area contributed by atoms with Gasteiger partial charge in [0.15, 0.2) is 16.7 Å². The summed E-state index contributed by atoms with van der Waals surface area (Å²) in [7, 11) is 0. The molecule has 0 amide bonds. The third-order valence-electron chi connectivity index (χ3n) is 2.64. The van der Waals surface area contributed by atoms with Crippen molar-refractivity contribution >= 4 is 67.4 Å². The molecule has 0 unspecified atom stereocenters. The van der Waals surface area contributed by atoms with Gasteiger partial charge in [-0.1, -0.05) is 12.1 Å². The van der Waals surface area contributed by atoms with Crippen LogP contribution in [0.3, 0.4) is 0 Å². The molecule has 7 heteroatoms. The molecule has 1 heterocycles. The second-order valence-corrected chi connectivity index (χ2v) is 6.20. The SMILES string of the molecule is O=c1[nH]c2c(I)c(O)cc(I)c2oc2ccccc2o1. The maximum absolute atomic E-state index is 11.9. The standard InChI is InChI=1S/C13H7I2NO4/c14-6-5-7(17)10(15)11-12(6)19-8-3-1-2-4-9(8)20-13(18)16-11/h1-5,17H,(H,16,18). The zero-order valence-corrected chi connectivity index (χ0v) is 14.1. The fourth-order valence-electron chi connectivity index (χ4n) is 1.76. The maximum Gasteiger partial charge on any atom is 0.417 e. The molecule has 0 bridgehead atoms. The maximum atomic E-state index is 11.9. The fourth-order valence-corrected chi connectivity index (χ4v) is 2.97. The minimum atomic E-state index is -0.624. The Kier molecular flexibility index (Phi) is 3.63. The molecule has 102 valence electrons. The van der Waals surface area contributed by atoms with Crippen molar-refractivity contribution in [3.63, 3.8) is 0 Å². The highest BCUT2D eigenvalue weighted by atomic mass is 127. The number of nitrogens with one attached hydrogen (secondary N) is 1. The number of rotatable bonds is 0. The van der Waals surface area contributed by atoms with Gasteiger partial charge in [-0.2, -0.15) is 0 Å². The van der Waals surface area contributed by atoms with Gasteiger partial charge in [-0.25, -0.2) is 4.79 Å². The van der Waals surface area contributed by atoms with E-state index in [-0.39, 0.29) is 5.75 Å². The number of aromatic amines is 1. The summed E-state index contributed by atoms with van der Waals surface area (Å²) in [6, 6.07) is 8.49. The third kappa shape index (κ3) is 2.39. The molecule has 2 N–H and O–H groups in total. The lowest BCUT2D eigenvalue weighted by Gasteiger charge is -2.04. The summed E-state index contributed by atoms with van der Waals surface area (Å²) < 4.78 is 12.2. The first-order valence-electron chi connectivity index (χ1n) is 5.53. The molecule has 0 aliphatic rings. The molecule has 0 radical (unpaired) electrons. The molecule has 3 aromatic rings. The van der Waals surface area contributed by atoms with E-state index < -0.39 is 5.76 Å². The van der Waals surface area contributed by atoms with E-state index in [4.69, 9.17) is 8.83 Å². The zero-order valence-electron chi connectivity index (χ0n) is 9.81.